The molecule has 0 aliphatic carbocycles. The van der Waals surface area contributed by atoms with Crippen LogP contribution in [0.5, 0.6) is 0 Å². The van der Waals surface area contributed by atoms with E-state index in [0.717, 1.165) is 11.1 Å². The Balaban J connectivity index is 3.13. The second-order valence-corrected chi connectivity index (χ2v) is 7.02. The molecule has 5 heteroatoms. The Labute approximate surface area is 131 Å². The van der Waals surface area contributed by atoms with Crippen LogP contribution in [0.1, 0.15) is 51.8 Å². The molecular formula is C17H25NO4. The third kappa shape index (κ3) is 4.76. The van der Waals surface area contributed by atoms with Gasteiger partial charge in [-0.1, -0.05) is 29.8 Å². The summed E-state index contributed by atoms with van der Waals surface area (Å²) in [6.07, 6.45) is -0.631. The van der Waals surface area contributed by atoms with E-state index in [1.54, 1.807) is 40.7 Å². The van der Waals surface area contributed by atoms with Gasteiger partial charge in [0.15, 0.2) is 0 Å². The van der Waals surface area contributed by atoms with Crippen molar-refractivity contribution in [2.45, 2.75) is 53.2 Å². The molecule has 1 atom stereocenters. The van der Waals surface area contributed by atoms with Crippen LogP contribution in [0.25, 0.3) is 0 Å². The molecule has 0 saturated heterocycles. The number of carbonyl (C=O) groups is 2. The van der Waals surface area contributed by atoms with Crippen molar-refractivity contribution in [3.05, 3.63) is 35.4 Å². The molecule has 0 fully saturated rings. The molecule has 1 aromatic carbocycles. The van der Waals surface area contributed by atoms with Crippen molar-refractivity contribution in [3.63, 3.8) is 0 Å². The zero-order valence-corrected chi connectivity index (χ0v) is 14.1. The Kier molecular flexibility index (Phi) is 5.22. The van der Waals surface area contributed by atoms with Crippen molar-refractivity contribution in [2.75, 3.05) is 0 Å². The first-order chi connectivity index (χ1) is 9.93. The highest BCUT2D eigenvalue weighted by Crippen LogP contribution is 2.34. The molecule has 2 N–H and O–H groups in total. The zero-order chi connectivity index (χ0) is 17.1. The minimum atomic E-state index is -1.18. The lowest BCUT2D eigenvalue weighted by Gasteiger charge is -2.32. The van der Waals surface area contributed by atoms with Gasteiger partial charge >= 0.3 is 12.1 Å². The summed E-state index contributed by atoms with van der Waals surface area (Å²) in [4.78, 5) is 23.7. The van der Waals surface area contributed by atoms with E-state index in [4.69, 9.17) is 4.74 Å². The van der Waals surface area contributed by atoms with Crippen molar-refractivity contribution < 1.29 is 19.4 Å². The van der Waals surface area contributed by atoms with Crippen LogP contribution in [0.3, 0.4) is 0 Å². The number of aryl methyl sites for hydroxylation is 1. The number of carboxylic acids is 1. The molecule has 0 spiro atoms. The molecule has 0 heterocycles. The number of hydrogen-bond donors (Lipinski definition) is 2. The number of aliphatic carboxylic acids is 1. The third-order valence-electron chi connectivity index (χ3n) is 3.31. The molecule has 0 bridgehead atoms. The predicted octanol–water partition coefficient (Wildman–Crippen LogP) is 3.67. The molecule has 0 aliphatic heterocycles. The number of carboxylic acid groups (broad SMARTS) is 1. The van der Waals surface area contributed by atoms with Crippen LogP contribution in [0.4, 0.5) is 4.79 Å². The second-order valence-electron chi connectivity index (χ2n) is 7.02. The maximum absolute atomic E-state index is 12.1. The largest absolute Gasteiger partial charge is 0.481 e. The normalized spacial score (nSPS) is 13.4. The van der Waals surface area contributed by atoms with Gasteiger partial charge in [0, 0.05) is 0 Å². The van der Waals surface area contributed by atoms with Crippen LogP contribution in [-0.4, -0.2) is 22.8 Å². The molecule has 1 aromatic rings. The Hall–Kier alpha value is -2.04. The van der Waals surface area contributed by atoms with E-state index >= 15 is 0 Å². The number of amides is 1. The van der Waals surface area contributed by atoms with Gasteiger partial charge in [0.2, 0.25) is 0 Å². The average Bonchev–Trinajstić information content (AvgIpc) is 2.33. The van der Waals surface area contributed by atoms with Crippen molar-refractivity contribution in [1.82, 2.24) is 5.32 Å². The first kappa shape index (κ1) is 18.0. The SMILES string of the molecule is Cc1cccc(C(NC(=O)OC(C)(C)C)C(C)(C)C(=O)O)c1. The van der Waals surface area contributed by atoms with Crippen LogP contribution in [-0.2, 0) is 9.53 Å². The monoisotopic (exact) mass is 307 g/mol. The predicted molar refractivity (Wildman–Crippen MR) is 84.7 cm³/mol. The summed E-state index contributed by atoms with van der Waals surface area (Å²) >= 11 is 0. The second kappa shape index (κ2) is 6.38. The Morgan fingerprint density at radius 2 is 1.77 bits per heavy atom. The summed E-state index contributed by atoms with van der Waals surface area (Å²) < 4.78 is 5.25. The number of rotatable bonds is 4. The lowest BCUT2D eigenvalue weighted by Crippen LogP contribution is -2.44. The minimum Gasteiger partial charge on any atom is -0.481 e. The fraction of sp³-hybridized carbons (Fsp3) is 0.529. The van der Waals surface area contributed by atoms with Gasteiger partial charge < -0.3 is 15.2 Å². The van der Waals surface area contributed by atoms with E-state index in [1.807, 2.05) is 25.1 Å². The molecule has 5 nitrogen and oxygen atoms in total. The molecule has 1 amide bonds. The number of nitrogens with one attached hydrogen (secondary N) is 1. The minimum absolute atomic E-state index is 0.631. The topological polar surface area (TPSA) is 75.6 Å². The van der Waals surface area contributed by atoms with Crippen LogP contribution in [0.2, 0.25) is 0 Å². The van der Waals surface area contributed by atoms with Crippen molar-refractivity contribution >= 4 is 12.1 Å². The molecular weight excluding hydrogens is 282 g/mol. The van der Waals surface area contributed by atoms with E-state index < -0.39 is 29.1 Å². The van der Waals surface area contributed by atoms with Crippen LogP contribution < -0.4 is 5.32 Å². The summed E-state index contributed by atoms with van der Waals surface area (Å²) in [5, 5.41) is 12.2. The molecule has 22 heavy (non-hydrogen) atoms. The lowest BCUT2D eigenvalue weighted by molar-refractivity contribution is -0.148. The number of alkyl carbamates (subject to hydrolysis) is 1. The van der Waals surface area contributed by atoms with E-state index in [-0.39, 0.29) is 0 Å². The van der Waals surface area contributed by atoms with Gasteiger partial charge in [-0.2, -0.15) is 0 Å². The van der Waals surface area contributed by atoms with Gasteiger partial charge in [-0.3, -0.25) is 4.79 Å². The first-order valence-electron chi connectivity index (χ1n) is 7.23. The number of ether oxygens (including phenoxy) is 1. The van der Waals surface area contributed by atoms with Crippen molar-refractivity contribution in [2.24, 2.45) is 5.41 Å². The highest BCUT2D eigenvalue weighted by atomic mass is 16.6. The number of benzene rings is 1. The Bertz CT molecular complexity index is 558. The summed E-state index contributed by atoms with van der Waals surface area (Å²) in [5.41, 5.74) is -0.0906. The summed E-state index contributed by atoms with van der Waals surface area (Å²) in [5.74, 6) is -0.991. The van der Waals surface area contributed by atoms with E-state index in [0.29, 0.717) is 0 Å². The van der Waals surface area contributed by atoms with Gasteiger partial charge in [0.1, 0.15) is 5.60 Å². The standard InChI is InChI=1S/C17H25NO4/c1-11-8-7-9-12(10-11)13(17(5,6)14(19)20)18-15(21)22-16(2,3)4/h7-10,13H,1-6H3,(H,18,21)(H,19,20). The van der Waals surface area contributed by atoms with Crippen LogP contribution in [0, 0.1) is 12.3 Å². The summed E-state index contributed by atoms with van der Waals surface area (Å²) in [7, 11) is 0. The molecule has 0 saturated carbocycles. The molecule has 0 aromatic heterocycles. The average molecular weight is 307 g/mol. The number of carbonyl (C=O) groups excluding carboxylic acids is 1. The van der Waals surface area contributed by atoms with Crippen LogP contribution in [0.15, 0.2) is 24.3 Å². The fourth-order valence-corrected chi connectivity index (χ4v) is 2.08. The third-order valence-corrected chi connectivity index (χ3v) is 3.31. The van der Waals surface area contributed by atoms with Gasteiger partial charge in [-0.05, 0) is 47.1 Å². The Morgan fingerprint density at radius 3 is 2.23 bits per heavy atom. The lowest BCUT2D eigenvalue weighted by atomic mass is 9.80. The summed E-state index contributed by atoms with van der Waals surface area (Å²) in [6, 6.07) is 6.74. The van der Waals surface area contributed by atoms with E-state index in [9.17, 15) is 14.7 Å². The molecule has 0 radical (unpaired) electrons. The Morgan fingerprint density at radius 1 is 1.18 bits per heavy atom. The van der Waals surface area contributed by atoms with Crippen molar-refractivity contribution in [3.8, 4) is 0 Å². The summed E-state index contributed by atoms with van der Waals surface area (Å²) in [6.45, 7) is 10.4. The zero-order valence-electron chi connectivity index (χ0n) is 14.1. The quantitative estimate of drug-likeness (QED) is 0.890. The molecule has 1 unspecified atom stereocenters. The van der Waals surface area contributed by atoms with Gasteiger partial charge in [0.05, 0.1) is 11.5 Å². The van der Waals surface area contributed by atoms with Crippen molar-refractivity contribution in [1.29, 1.82) is 0 Å². The highest BCUT2D eigenvalue weighted by Gasteiger charge is 2.39. The smallest absolute Gasteiger partial charge is 0.408 e. The molecule has 0 aliphatic rings. The fourth-order valence-electron chi connectivity index (χ4n) is 2.08. The molecule has 1 rings (SSSR count). The van der Waals surface area contributed by atoms with Gasteiger partial charge in [-0.25, -0.2) is 4.79 Å². The van der Waals surface area contributed by atoms with E-state index in [1.165, 1.54) is 0 Å². The maximum atomic E-state index is 12.1. The highest BCUT2D eigenvalue weighted by molar-refractivity contribution is 5.77. The first-order valence-corrected chi connectivity index (χ1v) is 7.23. The van der Waals surface area contributed by atoms with Crippen LogP contribution >= 0.6 is 0 Å². The van der Waals surface area contributed by atoms with Gasteiger partial charge in [0.25, 0.3) is 0 Å². The maximum Gasteiger partial charge on any atom is 0.408 e. The van der Waals surface area contributed by atoms with Gasteiger partial charge in [-0.15, -0.1) is 0 Å². The number of hydrogen-bond acceptors (Lipinski definition) is 3. The van der Waals surface area contributed by atoms with E-state index in [2.05, 4.69) is 5.32 Å². The molecule has 122 valence electrons.